The van der Waals surface area contributed by atoms with Crippen LogP contribution in [0.1, 0.15) is 16.1 Å². The summed E-state index contributed by atoms with van der Waals surface area (Å²) in [4.78, 5) is 10.8. The number of carboxylic acid groups (broad SMARTS) is 1. The van der Waals surface area contributed by atoms with Crippen molar-refractivity contribution in [2.45, 2.75) is 11.4 Å². The van der Waals surface area contributed by atoms with Crippen molar-refractivity contribution in [3.8, 4) is 0 Å². The van der Waals surface area contributed by atoms with Gasteiger partial charge in [-0.3, -0.25) is 0 Å². The summed E-state index contributed by atoms with van der Waals surface area (Å²) in [6.45, 7) is 0.137. The van der Waals surface area contributed by atoms with Crippen molar-refractivity contribution in [2.75, 3.05) is 5.32 Å². The molecule has 1 heterocycles. The largest absolute Gasteiger partial charge is 0.478 e. The third-order valence-electron chi connectivity index (χ3n) is 2.73. The van der Waals surface area contributed by atoms with E-state index >= 15 is 0 Å². The van der Waals surface area contributed by atoms with Gasteiger partial charge >= 0.3 is 5.97 Å². The number of primary sulfonamides is 1. The molecular formula is C12H10Cl2N2O5S. The van der Waals surface area contributed by atoms with E-state index in [9.17, 15) is 18.3 Å². The zero-order valence-electron chi connectivity index (χ0n) is 10.8. The van der Waals surface area contributed by atoms with Crippen LogP contribution in [0.5, 0.6) is 0 Å². The molecule has 2 aromatic rings. The number of nitrogens with one attached hydrogen (secondary N) is 1. The molecule has 1 aromatic carbocycles. The SMILES string of the molecule is NS(=O)(=O)c1cc(C(=O)O)c(NCc2ccco2)c(Cl)c1Cl. The van der Waals surface area contributed by atoms with Crippen molar-refractivity contribution in [1.29, 1.82) is 0 Å². The predicted molar refractivity (Wildman–Crippen MR) is 80.8 cm³/mol. The van der Waals surface area contributed by atoms with Crippen LogP contribution < -0.4 is 10.5 Å². The molecular weight excluding hydrogens is 355 g/mol. The van der Waals surface area contributed by atoms with E-state index < -0.39 is 20.9 Å². The second-order valence-electron chi connectivity index (χ2n) is 4.21. The van der Waals surface area contributed by atoms with E-state index in [0.29, 0.717) is 5.76 Å². The Kier molecular flexibility index (Phi) is 4.66. The van der Waals surface area contributed by atoms with Gasteiger partial charge in [0.2, 0.25) is 10.0 Å². The van der Waals surface area contributed by atoms with Crippen LogP contribution in [-0.2, 0) is 16.6 Å². The Balaban J connectivity index is 2.53. The monoisotopic (exact) mass is 364 g/mol. The van der Waals surface area contributed by atoms with Gasteiger partial charge in [-0.2, -0.15) is 0 Å². The fraction of sp³-hybridized carbons (Fsp3) is 0.0833. The topological polar surface area (TPSA) is 123 Å². The molecule has 0 saturated heterocycles. The number of rotatable bonds is 5. The lowest BCUT2D eigenvalue weighted by Gasteiger charge is -2.14. The molecule has 0 aliphatic heterocycles. The molecule has 1 aromatic heterocycles. The Morgan fingerprint density at radius 3 is 2.55 bits per heavy atom. The van der Waals surface area contributed by atoms with Crippen LogP contribution in [0.3, 0.4) is 0 Å². The summed E-state index contributed by atoms with van der Waals surface area (Å²) in [6, 6.07) is 4.19. The first-order chi connectivity index (χ1) is 10.2. The van der Waals surface area contributed by atoms with Crippen LogP contribution in [0.25, 0.3) is 0 Å². The number of halogens is 2. The number of nitrogens with two attached hydrogens (primary N) is 1. The summed E-state index contributed by atoms with van der Waals surface area (Å²) in [5, 5.41) is 16.4. The molecule has 0 atom stereocenters. The Hall–Kier alpha value is -1.74. The molecule has 0 radical (unpaired) electrons. The van der Waals surface area contributed by atoms with Gasteiger partial charge in [-0.05, 0) is 18.2 Å². The molecule has 10 heteroatoms. The molecule has 2 rings (SSSR count). The lowest BCUT2D eigenvalue weighted by Crippen LogP contribution is -2.16. The minimum atomic E-state index is -4.21. The number of aromatic carboxylic acids is 1. The fourth-order valence-corrected chi connectivity index (χ4v) is 3.17. The maximum atomic E-state index is 11.4. The molecule has 0 bridgehead atoms. The fourth-order valence-electron chi connectivity index (χ4n) is 1.74. The van der Waals surface area contributed by atoms with Crippen LogP contribution in [0.15, 0.2) is 33.8 Å². The lowest BCUT2D eigenvalue weighted by molar-refractivity contribution is 0.0697. The van der Waals surface area contributed by atoms with Gasteiger partial charge in [-0.25, -0.2) is 18.4 Å². The van der Waals surface area contributed by atoms with Gasteiger partial charge in [0, 0.05) is 0 Å². The highest BCUT2D eigenvalue weighted by Crippen LogP contribution is 2.38. The highest BCUT2D eigenvalue weighted by Gasteiger charge is 2.24. The van der Waals surface area contributed by atoms with Crippen molar-refractivity contribution >= 4 is 44.9 Å². The van der Waals surface area contributed by atoms with Crippen molar-refractivity contribution in [3.05, 3.63) is 45.8 Å². The predicted octanol–water partition coefficient (Wildman–Crippen LogP) is 2.54. The van der Waals surface area contributed by atoms with E-state index in [0.717, 1.165) is 6.07 Å². The highest BCUT2D eigenvalue weighted by atomic mass is 35.5. The molecule has 0 spiro atoms. The number of hydrogen-bond donors (Lipinski definition) is 3. The summed E-state index contributed by atoms with van der Waals surface area (Å²) >= 11 is 11.9. The van der Waals surface area contributed by atoms with Gasteiger partial charge in [0.05, 0.1) is 34.1 Å². The van der Waals surface area contributed by atoms with Crippen molar-refractivity contribution in [1.82, 2.24) is 0 Å². The number of carbonyl (C=O) groups is 1. The van der Waals surface area contributed by atoms with Crippen LogP contribution in [0.4, 0.5) is 5.69 Å². The first kappa shape index (κ1) is 16.6. The molecule has 7 nitrogen and oxygen atoms in total. The number of carboxylic acids is 1. The molecule has 0 amide bonds. The van der Waals surface area contributed by atoms with E-state index in [1.165, 1.54) is 6.26 Å². The number of furan rings is 1. The van der Waals surface area contributed by atoms with Crippen LogP contribution in [0.2, 0.25) is 10.0 Å². The second-order valence-corrected chi connectivity index (χ2v) is 6.49. The Labute approximate surface area is 135 Å². The first-order valence-corrected chi connectivity index (χ1v) is 8.06. The minimum Gasteiger partial charge on any atom is -0.478 e. The number of anilines is 1. The lowest BCUT2D eigenvalue weighted by atomic mass is 10.1. The molecule has 0 unspecified atom stereocenters. The van der Waals surface area contributed by atoms with Gasteiger partial charge in [-0.1, -0.05) is 23.2 Å². The molecule has 0 fully saturated rings. The maximum absolute atomic E-state index is 11.4. The van der Waals surface area contributed by atoms with Crippen LogP contribution in [-0.4, -0.2) is 19.5 Å². The Morgan fingerprint density at radius 1 is 1.36 bits per heavy atom. The van der Waals surface area contributed by atoms with E-state index in [1.807, 2.05) is 0 Å². The summed E-state index contributed by atoms with van der Waals surface area (Å²) in [5.74, 6) is -0.857. The third-order valence-corrected chi connectivity index (χ3v) is 4.64. The average Bonchev–Trinajstić information content (AvgIpc) is 2.91. The normalized spacial score (nSPS) is 11.4. The zero-order valence-corrected chi connectivity index (χ0v) is 13.2. The summed E-state index contributed by atoms with van der Waals surface area (Å²) in [7, 11) is -4.21. The average molecular weight is 365 g/mol. The van der Waals surface area contributed by atoms with E-state index in [4.69, 9.17) is 32.8 Å². The minimum absolute atomic E-state index is 0.0250. The molecule has 0 saturated carbocycles. The van der Waals surface area contributed by atoms with E-state index in [1.54, 1.807) is 12.1 Å². The summed E-state index contributed by atoms with van der Waals surface area (Å²) in [5.41, 5.74) is -0.395. The molecule has 0 aliphatic rings. The van der Waals surface area contributed by atoms with Crippen molar-refractivity contribution in [3.63, 3.8) is 0 Å². The Bertz CT molecular complexity index is 819. The molecule has 118 valence electrons. The number of hydrogen-bond acceptors (Lipinski definition) is 5. The van der Waals surface area contributed by atoms with E-state index in [-0.39, 0.29) is 27.8 Å². The quantitative estimate of drug-likeness (QED) is 0.748. The first-order valence-electron chi connectivity index (χ1n) is 5.76. The van der Waals surface area contributed by atoms with Crippen LogP contribution in [0, 0.1) is 0 Å². The highest BCUT2D eigenvalue weighted by molar-refractivity contribution is 7.89. The summed E-state index contributed by atoms with van der Waals surface area (Å²) in [6.07, 6.45) is 1.45. The van der Waals surface area contributed by atoms with E-state index in [2.05, 4.69) is 5.32 Å². The standard InChI is InChI=1S/C12H10Cl2N2O5S/c13-9-8(22(15,19)20)4-7(12(17)18)11(10(9)14)16-5-6-2-1-3-21-6/h1-4,16H,5H2,(H,17,18)(H2,15,19,20). The molecule has 4 N–H and O–H groups in total. The number of benzene rings is 1. The van der Waals surface area contributed by atoms with Gasteiger partial charge in [0.15, 0.2) is 0 Å². The van der Waals surface area contributed by atoms with Gasteiger partial charge in [0.25, 0.3) is 0 Å². The Morgan fingerprint density at radius 2 is 2.05 bits per heavy atom. The molecule has 0 aliphatic carbocycles. The zero-order chi connectivity index (χ0) is 16.5. The summed E-state index contributed by atoms with van der Waals surface area (Å²) < 4.78 is 28.0. The third kappa shape index (κ3) is 3.36. The van der Waals surface area contributed by atoms with Gasteiger partial charge in [-0.15, -0.1) is 0 Å². The van der Waals surface area contributed by atoms with Gasteiger partial charge in [0.1, 0.15) is 10.7 Å². The van der Waals surface area contributed by atoms with Crippen molar-refractivity contribution < 1.29 is 22.7 Å². The van der Waals surface area contributed by atoms with Crippen molar-refractivity contribution in [2.24, 2.45) is 5.14 Å². The second kappa shape index (κ2) is 6.17. The van der Waals surface area contributed by atoms with Gasteiger partial charge < -0.3 is 14.8 Å². The maximum Gasteiger partial charge on any atom is 0.337 e. The smallest absolute Gasteiger partial charge is 0.337 e. The molecule has 22 heavy (non-hydrogen) atoms. The number of sulfonamides is 1. The van der Waals surface area contributed by atoms with Crippen LogP contribution >= 0.6 is 23.2 Å².